The van der Waals surface area contributed by atoms with Crippen molar-refractivity contribution >= 4 is 45.2 Å². The summed E-state index contributed by atoms with van der Waals surface area (Å²) in [5.41, 5.74) is 3.65. The number of rotatable bonds is 10. The van der Waals surface area contributed by atoms with Crippen molar-refractivity contribution in [3.63, 3.8) is 0 Å². The first-order valence-corrected chi connectivity index (χ1v) is 17.0. The van der Waals surface area contributed by atoms with Gasteiger partial charge < -0.3 is 19.0 Å². The quantitative estimate of drug-likeness (QED) is 0.203. The van der Waals surface area contributed by atoms with Gasteiger partial charge in [-0.2, -0.15) is 0 Å². The third-order valence-electron chi connectivity index (χ3n) is 9.09. The number of fused-ring (bicyclic) bond motifs is 1. The van der Waals surface area contributed by atoms with Crippen LogP contribution in [0.3, 0.4) is 0 Å². The number of nitrogens with one attached hydrogen (secondary N) is 2. The average molecular weight is 633 g/mol. The number of carbonyl (C=O) groups excluding carboxylic acids is 1. The molecule has 0 radical (unpaired) electrons. The Morgan fingerprint density at radius 3 is 2.22 bits per heavy atom. The maximum Gasteiger partial charge on any atom is 0.494 e. The molecule has 2 fully saturated rings. The van der Waals surface area contributed by atoms with E-state index in [0.29, 0.717) is 46.4 Å². The molecule has 2 N–H and O–H groups in total. The van der Waals surface area contributed by atoms with Gasteiger partial charge in [-0.25, -0.2) is 12.8 Å². The van der Waals surface area contributed by atoms with Crippen molar-refractivity contribution in [1.82, 2.24) is 5.32 Å². The molecule has 45 heavy (non-hydrogen) atoms. The van der Waals surface area contributed by atoms with Crippen LogP contribution < -0.4 is 15.5 Å². The SMILES string of the molecule is CNC(=O)c1c(-c2ccc(F)cc2)oc2cc(NS(=O)(=O)CCCc3ccc(B4OC(C)(C)C(C)(C)O4)cc3)c(C3CC3)cc12. The van der Waals surface area contributed by atoms with Crippen molar-refractivity contribution in [3.05, 3.63) is 83.2 Å². The van der Waals surface area contributed by atoms with Crippen LogP contribution in [0.25, 0.3) is 22.3 Å². The highest BCUT2D eigenvalue weighted by Gasteiger charge is 2.51. The van der Waals surface area contributed by atoms with Gasteiger partial charge >= 0.3 is 7.12 Å². The highest BCUT2D eigenvalue weighted by Crippen LogP contribution is 2.47. The fourth-order valence-corrected chi connectivity index (χ4v) is 6.78. The standard InChI is InChI=1S/C34H38BFN2O6S/c1-33(2)34(3,4)44-35(43-33)24-14-8-21(9-15-24)7-6-18-45(40,41)38-28-20-29-27(19-26(28)22-10-11-22)30(32(39)37-5)31(42-29)23-12-16-25(36)17-13-23/h8-9,12-17,19-20,22,38H,6-7,10-11,18H2,1-5H3,(H,37,39). The van der Waals surface area contributed by atoms with E-state index in [9.17, 15) is 17.6 Å². The molecule has 1 saturated heterocycles. The summed E-state index contributed by atoms with van der Waals surface area (Å²) >= 11 is 0. The van der Waals surface area contributed by atoms with Crippen LogP contribution in [-0.2, 0) is 25.8 Å². The summed E-state index contributed by atoms with van der Waals surface area (Å²) in [4.78, 5) is 13.0. The molecule has 0 spiro atoms. The van der Waals surface area contributed by atoms with E-state index in [2.05, 4.69) is 10.0 Å². The van der Waals surface area contributed by atoms with Crippen LogP contribution in [0.2, 0.25) is 0 Å². The lowest BCUT2D eigenvalue weighted by atomic mass is 9.79. The molecule has 6 rings (SSSR count). The Kier molecular flexibility index (Phi) is 8.08. The van der Waals surface area contributed by atoms with Crippen molar-refractivity contribution in [2.45, 2.75) is 70.5 Å². The first-order valence-electron chi connectivity index (χ1n) is 15.3. The van der Waals surface area contributed by atoms with Crippen molar-refractivity contribution in [3.8, 4) is 11.3 Å². The predicted molar refractivity (Wildman–Crippen MR) is 175 cm³/mol. The molecule has 2 heterocycles. The molecule has 8 nitrogen and oxygen atoms in total. The van der Waals surface area contributed by atoms with Gasteiger partial charge in [0, 0.05) is 24.1 Å². The summed E-state index contributed by atoms with van der Waals surface area (Å²) in [6.07, 6.45) is 2.89. The molecule has 1 saturated carbocycles. The van der Waals surface area contributed by atoms with Crippen LogP contribution in [0.5, 0.6) is 0 Å². The zero-order valence-electron chi connectivity index (χ0n) is 26.2. The van der Waals surface area contributed by atoms with Gasteiger partial charge in [-0.15, -0.1) is 0 Å². The number of benzene rings is 3. The molecular weight excluding hydrogens is 594 g/mol. The Hall–Kier alpha value is -3.67. The molecule has 3 aromatic carbocycles. The number of hydrogen-bond acceptors (Lipinski definition) is 6. The first-order chi connectivity index (χ1) is 21.3. The Labute approximate surface area is 263 Å². The minimum absolute atomic E-state index is 0.0589. The maximum absolute atomic E-state index is 13.6. The third kappa shape index (κ3) is 6.39. The zero-order valence-corrected chi connectivity index (χ0v) is 27.0. The molecule has 1 aliphatic heterocycles. The van der Waals surface area contributed by atoms with E-state index < -0.39 is 34.2 Å². The molecule has 4 aromatic rings. The van der Waals surface area contributed by atoms with Crippen LogP contribution >= 0.6 is 0 Å². The first kappa shape index (κ1) is 31.3. The summed E-state index contributed by atoms with van der Waals surface area (Å²) in [5, 5.41) is 3.25. The van der Waals surface area contributed by atoms with Crippen LogP contribution in [0, 0.1) is 5.82 Å². The smallest absolute Gasteiger partial charge is 0.455 e. The average Bonchev–Trinajstić information content (AvgIpc) is 3.72. The molecule has 0 unspecified atom stereocenters. The number of halogens is 1. The molecule has 236 valence electrons. The number of hydrogen-bond donors (Lipinski definition) is 2. The minimum Gasteiger partial charge on any atom is -0.455 e. The van der Waals surface area contributed by atoms with Crippen LogP contribution in [0.15, 0.2) is 65.1 Å². The second-order valence-electron chi connectivity index (χ2n) is 13.0. The number of amides is 1. The van der Waals surface area contributed by atoms with Crippen molar-refractivity contribution in [1.29, 1.82) is 0 Å². The van der Waals surface area contributed by atoms with Gasteiger partial charge in [0.1, 0.15) is 17.2 Å². The number of anilines is 1. The number of furan rings is 1. The van der Waals surface area contributed by atoms with Gasteiger partial charge in [-0.05, 0) is 106 Å². The van der Waals surface area contributed by atoms with Crippen molar-refractivity contribution in [2.24, 2.45) is 0 Å². The number of aryl methyl sites for hydroxylation is 1. The highest BCUT2D eigenvalue weighted by molar-refractivity contribution is 7.92. The van der Waals surface area contributed by atoms with E-state index in [0.717, 1.165) is 29.4 Å². The maximum atomic E-state index is 13.6. The molecule has 1 aromatic heterocycles. The largest absolute Gasteiger partial charge is 0.494 e. The van der Waals surface area contributed by atoms with Gasteiger partial charge in [0.2, 0.25) is 10.0 Å². The Morgan fingerprint density at radius 2 is 1.62 bits per heavy atom. The highest BCUT2D eigenvalue weighted by atomic mass is 32.2. The molecule has 11 heteroatoms. The van der Waals surface area contributed by atoms with E-state index in [1.54, 1.807) is 18.2 Å². The Bertz CT molecular complexity index is 1830. The van der Waals surface area contributed by atoms with Gasteiger partial charge in [0.05, 0.1) is 28.2 Å². The summed E-state index contributed by atoms with van der Waals surface area (Å²) in [6, 6.07) is 17.1. The van der Waals surface area contributed by atoms with Crippen molar-refractivity contribution < 1.29 is 31.3 Å². The predicted octanol–water partition coefficient (Wildman–Crippen LogP) is 6.15. The molecule has 0 atom stereocenters. The second kappa shape index (κ2) is 11.6. The second-order valence-corrected chi connectivity index (χ2v) is 14.8. The topological polar surface area (TPSA) is 107 Å². The summed E-state index contributed by atoms with van der Waals surface area (Å²) < 4.78 is 61.4. The lowest BCUT2D eigenvalue weighted by molar-refractivity contribution is 0.00578. The van der Waals surface area contributed by atoms with E-state index in [-0.39, 0.29) is 17.6 Å². The van der Waals surface area contributed by atoms with Crippen LogP contribution in [-0.4, -0.2) is 45.4 Å². The summed E-state index contributed by atoms with van der Waals surface area (Å²) in [7, 11) is -2.59. The van der Waals surface area contributed by atoms with Crippen LogP contribution in [0.4, 0.5) is 10.1 Å². The molecule has 2 aliphatic rings. The van der Waals surface area contributed by atoms with Gasteiger partial charge in [0.25, 0.3) is 5.91 Å². The number of sulfonamides is 1. The molecular formula is C34H38BFN2O6S. The molecule has 1 amide bonds. The monoisotopic (exact) mass is 632 g/mol. The van der Waals surface area contributed by atoms with E-state index >= 15 is 0 Å². The molecule has 0 bridgehead atoms. The normalized spacial score (nSPS) is 17.5. The van der Waals surface area contributed by atoms with E-state index in [4.69, 9.17) is 13.7 Å². The van der Waals surface area contributed by atoms with Gasteiger partial charge in [0.15, 0.2) is 0 Å². The Balaban J connectivity index is 1.18. The Morgan fingerprint density at radius 1 is 0.978 bits per heavy atom. The fourth-order valence-electron chi connectivity index (χ4n) is 5.64. The van der Waals surface area contributed by atoms with Crippen LogP contribution in [0.1, 0.15) is 74.4 Å². The minimum atomic E-state index is -3.68. The lowest BCUT2D eigenvalue weighted by Crippen LogP contribution is -2.41. The third-order valence-corrected chi connectivity index (χ3v) is 10.4. The summed E-state index contributed by atoms with van der Waals surface area (Å²) in [6.45, 7) is 8.07. The number of carbonyl (C=O) groups is 1. The van der Waals surface area contributed by atoms with Gasteiger partial charge in [-0.3, -0.25) is 9.52 Å². The fraction of sp³-hybridized carbons (Fsp3) is 0.382. The van der Waals surface area contributed by atoms with E-state index in [1.165, 1.54) is 19.2 Å². The van der Waals surface area contributed by atoms with E-state index in [1.807, 2.05) is 58.0 Å². The van der Waals surface area contributed by atoms with Gasteiger partial charge in [-0.1, -0.05) is 24.3 Å². The lowest BCUT2D eigenvalue weighted by Gasteiger charge is -2.32. The summed E-state index contributed by atoms with van der Waals surface area (Å²) in [5.74, 6) is -0.307. The molecule has 1 aliphatic carbocycles. The zero-order chi connectivity index (χ0) is 32.1. The van der Waals surface area contributed by atoms with Crippen molar-refractivity contribution in [2.75, 3.05) is 17.5 Å².